The van der Waals surface area contributed by atoms with Gasteiger partial charge in [0.2, 0.25) is 0 Å². The maximum absolute atomic E-state index is 13.7. The quantitative estimate of drug-likeness (QED) is 0.668. The Morgan fingerprint density at radius 3 is 2.79 bits per heavy atom. The Morgan fingerprint density at radius 1 is 1.37 bits per heavy atom. The van der Waals surface area contributed by atoms with Crippen LogP contribution in [0.4, 0.5) is 15.8 Å². The van der Waals surface area contributed by atoms with Crippen LogP contribution in [0.15, 0.2) is 18.2 Å². The number of nitrogens with zero attached hydrogens (tertiary/aromatic N) is 1. The lowest BCUT2D eigenvalue weighted by molar-refractivity contribution is -0.385. The molecule has 1 N–H and O–H groups in total. The van der Waals surface area contributed by atoms with Gasteiger partial charge < -0.3 is 5.32 Å². The van der Waals surface area contributed by atoms with E-state index in [1.54, 1.807) is 0 Å². The van der Waals surface area contributed by atoms with E-state index in [2.05, 4.69) is 5.32 Å². The number of nitro groups is 1. The molecule has 0 spiro atoms. The van der Waals surface area contributed by atoms with Gasteiger partial charge in [-0.15, -0.1) is 0 Å². The zero-order valence-electron chi connectivity index (χ0n) is 10.6. The van der Waals surface area contributed by atoms with Crippen molar-refractivity contribution in [3.8, 4) is 0 Å². The van der Waals surface area contributed by atoms with Crippen molar-refractivity contribution in [1.29, 1.82) is 0 Å². The molecule has 2 saturated carbocycles. The third-order valence-corrected chi connectivity index (χ3v) is 4.60. The van der Waals surface area contributed by atoms with Crippen LogP contribution in [0.2, 0.25) is 0 Å². The van der Waals surface area contributed by atoms with E-state index in [0.29, 0.717) is 11.6 Å². The summed E-state index contributed by atoms with van der Waals surface area (Å²) in [6, 6.07) is 3.77. The lowest BCUT2D eigenvalue weighted by Crippen LogP contribution is -2.20. The molecule has 19 heavy (non-hydrogen) atoms. The summed E-state index contributed by atoms with van der Waals surface area (Å²) in [7, 11) is 0. The van der Waals surface area contributed by atoms with Crippen LogP contribution in [0.1, 0.15) is 25.7 Å². The van der Waals surface area contributed by atoms with Gasteiger partial charge in [0, 0.05) is 12.6 Å². The van der Waals surface area contributed by atoms with Crippen LogP contribution < -0.4 is 5.32 Å². The van der Waals surface area contributed by atoms with E-state index in [0.717, 1.165) is 24.4 Å². The molecule has 0 radical (unpaired) electrons. The molecule has 0 amide bonds. The molecule has 4 nitrogen and oxygen atoms in total. The molecule has 3 unspecified atom stereocenters. The standard InChI is InChI=1S/C14H17FN2O2/c15-13-7-12(17(18)19)3-4-14(13)16-8-11-6-9-1-2-10(11)5-9/h3-4,7,9-11,16H,1-2,5-6,8H2. The average Bonchev–Trinajstić information content (AvgIpc) is 2.99. The number of fused-ring (bicyclic) bond motifs is 2. The largest absolute Gasteiger partial charge is 0.382 e. The van der Waals surface area contributed by atoms with Crippen LogP contribution >= 0.6 is 0 Å². The molecule has 2 bridgehead atoms. The van der Waals surface area contributed by atoms with E-state index in [4.69, 9.17) is 0 Å². The second-order valence-corrected chi connectivity index (χ2v) is 5.74. The summed E-state index contributed by atoms with van der Waals surface area (Å²) in [6.07, 6.45) is 5.23. The summed E-state index contributed by atoms with van der Waals surface area (Å²) in [5, 5.41) is 13.6. The molecule has 0 saturated heterocycles. The van der Waals surface area contributed by atoms with Crippen LogP contribution in [0.5, 0.6) is 0 Å². The third-order valence-electron chi connectivity index (χ3n) is 4.60. The first-order valence-corrected chi connectivity index (χ1v) is 6.81. The lowest BCUT2D eigenvalue weighted by atomic mass is 9.89. The number of rotatable bonds is 4. The van der Waals surface area contributed by atoms with E-state index < -0.39 is 10.7 Å². The topological polar surface area (TPSA) is 55.2 Å². The van der Waals surface area contributed by atoms with Crippen molar-refractivity contribution >= 4 is 11.4 Å². The number of nitro benzene ring substituents is 1. The van der Waals surface area contributed by atoms with E-state index in [1.165, 1.54) is 37.8 Å². The second kappa shape index (κ2) is 4.79. The highest BCUT2D eigenvalue weighted by molar-refractivity contribution is 5.50. The zero-order valence-corrected chi connectivity index (χ0v) is 10.6. The lowest BCUT2D eigenvalue weighted by Gasteiger charge is -2.22. The van der Waals surface area contributed by atoms with Crippen LogP contribution in [0.3, 0.4) is 0 Å². The molecule has 2 fully saturated rings. The second-order valence-electron chi connectivity index (χ2n) is 5.74. The van der Waals surface area contributed by atoms with Crippen LogP contribution in [0.25, 0.3) is 0 Å². The normalized spacial score (nSPS) is 28.6. The third kappa shape index (κ3) is 2.41. The fourth-order valence-corrected chi connectivity index (χ4v) is 3.63. The van der Waals surface area contributed by atoms with Crippen LogP contribution in [-0.2, 0) is 0 Å². The molecule has 1 aromatic carbocycles. The van der Waals surface area contributed by atoms with Crippen LogP contribution in [-0.4, -0.2) is 11.5 Å². The molecule has 5 heteroatoms. The van der Waals surface area contributed by atoms with Crippen molar-refractivity contribution in [2.45, 2.75) is 25.7 Å². The maximum atomic E-state index is 13.7. The van der Waals surface area contributed by atoms with Gasteiger partial charge in [0.15, 0.2) is 5.82 Å². The van der Waals surface area contributed by atoms with Gasteiger partial charge in [-0.25, -0.2) is 4.39 Å². The number of halogens is 1. The number of benzene rings is 1. The highest BCUT2D eigenvalue weighted by Gasteiger charge is 2.39. The number of nitrogens with one attached hydrogen (secondary N) is 1. The first-order chi connectivity index (χ1) is 9.13. The number of anilines is 1. The number of non-ortho nitro benzene ring substituents is 1. The molecule has 0 aromatic heterocycles. The van der Waals surface area contributed by atoms with Crippen molar-refractivity contribution < 1.29 is 9.31 Å². The van der Waals surface area contributed by atoms with Gasteiger partial charge in [-0.3, -0.25) is 10.1 Å². The SMILES string of the molecule is O=[N+]([O-])c1ccc(NCC2CC3CCC2C3)c(F)c1. The predicted octanol–water partition coefficient (Wildman–Crippen LogP) is 3.58. The Kier molecular flexibility index (Phi) is 3.12. The molecule has 1 aromatic rings. The maximum Gasteiger partial charge on any atom is 0.272 e. The average molecular weight is 264 g/mol. The van der Waals surface area contributed by atoms with Crippen molar-refractivity contribution in [2.24, 2.45) is 17.8 Å². The van der Waals surface area contributed by atoms with Crippen LogP contribution in [0, 0.1) is 33.7 Å². The molecule has 2 aliphatic rings. The summed E-state index contributed by atoms with van der Waals surface area (Å²) in [6.45, 7) is 0.774. The van der Waals surface area contributed by atoms with Gasteiger partial charge in [-0.05, 0) is 43.1 Å². The van der Waals surface area contributed by atoms with Crippen molar-refractivity contribution in [3.05, 3.63) is 34.1 Å². The smallest absolute Gasteiger partial charge is 0.272 e. The molecule has 3 atom stereocenters. The van der Waals surface area contributed by atoms with E-state index in [9.17, 15) is 14.5 Å². The first-order valence-electron chi connectivity index (χ1n) is 6.81. The van der Waals surface area contributed by atoms with Gasteiger partial charge in [-0.2, -0.15) is 0 Å². The van der Waals surface area contributed by atoms with Gasteiger partial charge in [0.05, 0.1) is 16.7 Å². The molecule has 0 heterocycles. The number of hydrogen-bond acceptors (Lipinski definition) is 3. The Labute approximate surface area is 111 Å². The minimum Gasteiger partial charge on any atom is -0.382 e. The Balaban J connectivity index is 1.62. The molecule has 3 rings (SSSR count). The van der Waals surface area contributed by atoms with Crippen molar-refractivity contribution in [3.63, 3.8) is 0 Å². The fraction of sp³-hybridized carbons (Fsp3) is 0.571. The molecule has 102 valence electrons. The zero-order chi connectivity index (χ0) is 13.4. The predicted molar refractivity (Wildman–Crippen MR) is 70.5 cm³/mol. The monoisotopic (exact) mass is 264 g/mol. The van der Waals surface area contributed by atoms with Gasteiger partial charge in [-0.1, -0.05) is 6.42 Å². The van der Waals surface area contributed by atoms with E-state index in [-0.39, 0.29) is 5.69 Å². The molecular formula is C14H17FN2O2. The Morgan fingerprint density at radius 2 is 2.21 bits per heavy atom. The van der Waals surface area contributed by atoms with E-state index in [1.807, 2.05) is 0 Å². The minimum atomic E-state index is -0.581. The summed E-state index contributed by atoms with van der Waals surface area (Å²) in [5.74, 6) is 1.75. The summed E-state index contributed by atoms with van der Waals surface area (Å²) < 4.78 is 13.7. The summed E-state index contributed by atoms with van der Waals surface area (Å²) >= 11 is 0. The fourth-order valence-electron chi connectivity index (χ4n) is 3.63. The number of hydrogen-bond donors (Lipinski definition) is 1. The summed E-state index contributed by atoms with van der Waals surface area (Å²) in [5.41, 5.74) is 0.163. The Hall–Kier alpha value is -1.65. The van der Waals surface area contributed by atoms with Gasteiger partial charge >= 0.3 is 0 Å². The first kappa shape index (κ1) is 12.4. The summed E-state index contributed by atoms with van der Waals surface area (Å²) in [4.78, 5) is 9.96. The highest BCUT2D eigenvalue weighted by Crippen LogP contribution is 2.48. The molecular weight excluding hydrogens is 247 g/mol. The van der Waals surface area contributed by atoms with Crippen molar-refractivity contribution in [2.75, 3.05) is 11.9 Å². The van der Waals surface area contributed by atoms with Gasteiger partial charge in [0.25, 0.3) is 5.69 Å². The Bertz CT molecular complexity index is 506. The van der Waals surface area contributed by atoms with Crippen molar-refractivity contribution in [1.82, 2.24) is 0 Å². The minimum absolute atomic E-state index is 0.206. The molecule has 0 aliphatic heterocycles. The van der Waals surface area contributed by atoms with E-state index >= 15 is 0 Å². The van der Waals surface area contributed by atoms with Gasteiger partial charge in [0.1, 0.15) is 0 Å². The molecule has 2 aliphatic carbocycles. The highest BCUT2D eigenvalue weighted by atomic mass is 19.1.